The molecule has 0 unspecified atom stereocenters. The Labute approximate surface area is 119 Å². The van der Waals surface area contributed by atoms with E-state index in [2.05, 4.69) is 48.2 Å². The molecule has 0 saturated carbocycles. The summed E-state index contributed by atoms with van der Waals surface area (Å²) in [6, 6.07) is 0.764. The summed E-state index contributed by atoms with van der Waals surface area (Å²) in [7, 11) is 0. The highest BCUT2D eigenvalue weighted by atomic mass is 32.1. The summed E-state index contributed by atoms with van der Waals surface area (Å²) >= 11 is 1.43. The van der Waals surface area contributed by atoms with Crippen molar-refractivity contribution in [2.24, 2.45) is 0 Å². The maximum atomic E-state index is 11.7. The van der Waals surface area contributed by atoms with Gasteiger partial charge in [0.15, 0.2) is 5.13 Å². The Bertz CT molecular complexity index is 395. The van der Waals surface area contributed by atoms with Crippen molar-refractivity contribution in [3.8, 4) is 0 Å². The fraction of sp³-hybridized carbons (Fsp3) is 0.692. The number of aryl methyl sites for hydroxylation is 1. The van der Waals surface area contributed by atoms with Gasteiger partial charge in [-0.3, -0.25) is 10.2 Å². The first-order valence-corrected chi connectivity index (χ1v) is 7.51. The predicted octanol–water partition coefficient (Wildman–Crippen LogP) is 2.69. The molecule has 0 atom stereocenters. The van der Waals surface area contributed by atoms with Gasteiger partial charge in [-0.2, -0.15) is 0 Å². The largest absolute Gasteiger partial charge is 0.337 e. The monoisotopic (exact) mass is 284 g/mol. The van der Waals surface area contributed by atoms with Crippen LogP contribution in [0.15, 0.2) is 5.38 Å². The molecule has 1 rings (SSSR count). The molecule has 0 fully saturated rings. The van der Waals surface area contributed by atoms with Crippen LogP contribution >= 0.6 is 11.3 Å². The van der Waals surface area contributed by atoms with Gasteiger partial charge in [0, 0.05) is 30.6 Å². The zero-order chi connectivity index (χ0) is 14.4. The Balaban J connectivity index is 2.30. The molecule has 0 aliphatic heterocycles. The minimum atomic E-state index is -0.193. The van der Waals surface area contributed by atoms with Crippen molar-refractivity contribution in [2.75, 3.05) is 18.4 Å². The molecular weight excluding hydrogens is 260 g/mol. The number of urea groups is 1. The fourth-order valence-electron chi connectivity index (χ4n) is 1.96. The van der Waals surface area contributed by atoms with E-state index in [0.717, 1.165) is 12.2 Å². The number of nitrogens with one attached hydrogen (secondary N) is 2. The standard InChI is InChI=1S/C13H24N4OS/c1-9(2)17(10(3)4)7-6-14-12(18)16-13-15-11(5)8-19-13/h8-10H,6-7H2,1-5H3,(H2,14,15,16,18). The van der Waals surface area contributed by atoms with Crippen LogP contribution in [0.1, 0.15) is 33.4 Å². The third kappa shape index (κ3) is 5.57. The highest BCUT2D eigenvalue weighted by Crippen LogP contribution is 2.13. The van der Waals surface area contributed by atoms with Crippen molar-refractivity contribution in [3.63, 3.8) is 0 Å². The summed E-state index contributed by atoms with van der Waals surface area (Å²) in [5, 5.41) is 8.14. The Kier molecular flexibility index (Phi) is 6.24. The van der Waals surface area contributed by atoms with Gasteiger partial charge >= 0.3 is 6.03 Å². The number of hydrogen-bond donors (Lipinski definition) is 2. The number of nitrogens with zero attached hydrogens (tertiary/aromatic N) is 2. The third-order valence-corrected chi connectivity index (χ3v) is 3.70. The molecule has 0 radical (unpaired) electrons. The van der Waals surface area contributed by atoms with E-state index in [1.807, 2.05) is 12.3 Å². The summed E-state index contributed by atoms with van der Waals surface area (Å²) in [6.07, 6.45) is 0. The van der Waals surface area contributed by atoms with Crippen LogP contribution in [0.25, 0.3) is 0 Å². The lowest BCUT2D eigenvalue weighted by molar-refractivity contribution is 0.176. The third-order valence-electron chi connectivity index (χ3n) is 2.82. The maximum absolute atomic E-state index is 11.7. The number of aromatic nitrogens is 1. The van der Waals surface area contributed by atoms with Gasteiger partial charge < -0.3 is 5.32 Å². The van der Waals surface area contributed by atoms with Crippen LogP contribution in [0.3, 0.4) is 0 Å². The van der Waals surface area contributed by atoms with Gasteiger partial charge in [-0.05, 0) is 34.6 Å². The average molecular weight is 284 g/mol. The summed E-state index contributed by atoms with van der Waals surface area (Å²) < 4.78 is 0. The molecule has 0 aliphatic carbocycles. The zero-order valence-electron chi connectivity index (χ0n) is 12.4. The lowest BCUT2D eigenvalue weighted by Crippen LogP contribution is -2.43. The van der Waals surface area contributed by atoms with Gasteiger partial charge in [0.2, 0.25) is 0 Å². The van der Waals surface area contributed by atoms with Gasteiger partial charge in [0.25, 0.3) is 0 Å². The first-order valence-electron chi connectivity index (χ1n) is 6.63. The van der Waals surface area contributed by atoms with Gasteiger partial charge in [-0.25, -0.2) is 9.78 Å². The SMILES string of the molecule is Cc1csc(NC(=O)NCCN(C(C)C)C(C)C)n1. The van der Waals surface area contributed by atoms with E-state index >= 15 is 0 Å². The summed E-state index contributed by atoms with van der Waals surface area (Å²) in [5.74, 6) is 0. The second-order valence-electron chi connectivity index (χ2n) is 5.10. The van der Waals surface area contributed by atoms with Crippen molar-refractivity contribution >= 4 is 22.5 Å². The van der Waals surface area contributed by atoms with Crippen molar-refractivity contribution in [2.45, 2.75) is 46.7 Å². The van der Waals surface area contributed by atoms with Gasteiger partial charge in [0.05, 0.1) is 5.69 Å². The lowest BCUT2D eigenvalue weighted by atomic mass is 10.2. The second kappa shape index (κ2) is 7.45. The number of amides is 2. The topological polar surface area (TPSA) is 57.3 Å². The Hall–Kier alpha value is -1.14. The molecule has 0 aliphatic rings. The molecule has 1 aromatic rings. The molecule has 108 valence electrons. The molecule has 5 nitrogen and oxygen atoms in total. The molecule has 0 saturated heterocycles. The summed E-state index contributed by atoms with van der Waals surface area (Å²) in [4.78, 5) is 18.2. The van der Waals surface area contributed by atoms with Gasteiger partial charge in [-0.1, -0.05) is 0 Å². The van der Waals surface area contributed by atoms with Crippen LogP contribution in [0, 0.1) is 6.92 Å². The minimum absolute atomic E-state index is 0.193. The smallest absolute Gasteiger partial charge is 0.321 e. The fourth-order valence-corrected chi connectivity index (χ4v) is 2.65. The van der Waals surface area contributed by atoms with Crippen LogP contribution in [0.4, 0.5) is 9.93 Å². The van der Waals surface area contributed by atoms with Crippen LogP contribution in [-0.4, -0.2) is 41.1 Å². The summed E-state index contributed by atoms with van der Waals surface area (Å²) in [5.41, 5.74) is 0.922. The number of hydrogen-bond acceptors (Lipinski definition) is 4. The number of thiazole rings is 1. The Morgan fingerprint density at radius 2 is 2.00 bits per heavy atom. The highest BCUT2D eigenvalue weighted by Gasteiger charge is 2.13. The van der Waals surface area contributed by atoms with Gasteiger partial charge in [0.1, 0.15) is 0 Å². The quantitative estimate of drug-likeness (QED) is 0.844. The van der Waals surface area contributed by atoms with E-state index in [9.17, 15) is 4.79 Å². The minimum Gasteiger partial charge on any atom is -0.337 e. The number of rotatable bonds is 6. The number of anilines is 1. The van der Waals surface area contributed by atoms with Crippen molar-refractivity contribution in [1.82, 2.24) is 15.2 Å². The molecule has 1 aromatic heterocycles. The molecular formula is C13H24N4OS. The highest BCUT2D eigenvalue weighted by molar-refractivity contribution is 7.13. The normalized spacial score (nSPS) is 11.4. The predicted molar refractivity (Wildman–Crippen MR) is 80.9 cm³/mol. The number of carbonyl (C=O) groups is 1. The maximum Gasteiger partial charge on any atom is 0.321 e. The van der Waals surface area contributed by atoms with E-state index in [0.29, 0.717) is 23.8 Å². The molecule has 0 aromatic carbocycles. The Morgan fingerprint density at radius 1 is 1.37 bits per heavy atom. The van der Waals surface area contributed by atoms with Crippen molar-refractivity contribution < 1.29 is 4.79 Å². The molecule has 19 heavy (non-hydrogen) atoms. The van der Waals surface area contributed by atoms with E-state index in [1.165, 1.54) is 11.3 Å². The second-order valence-corrected chi connectivity index (χ2v) is 5.96. The van der Waals surface area contributed by atoms with Crippen LogP contribution in [0.5, 0.6) is 0 Å². The Morgan fingerprint density at radius 3 is 2.47 bits per heavy atom. The van der Waals surface area contributed by atoms with Crippen molar-refractivity contribution in [1.29, 1.82) is 0 Å². The van der Waals surface area contributed by atoms with Crippen LogP contribution in [-0.2, 0) is 0 Å². The lowest BCUT2D eigenvalue weighted by Gasteiger charge is -2.30. The van der Waals surface area contributed by atoms with Gasteiger partial charge in [-0.15, -0.1) is 11.3 Å². The van der Waals surface area contributed by atoms with Crippen LogP contribution in [0.2, 0.25) is 0 Å². The summed E-state index contributed by atoms with van der Waals surface area (Å²) in [6.45, 7) is 12.0. The molecule has 6 heteroatoms. The first-order chi connectivity index (χ1) is 8.90. The van der Waals surface area contributed by atoms with E-state index in [1.54, 1.807) is 0 Å². The molecule has 2 amide bonds. The molecule has 0 spiro atoms. The zero-order valence-corrected chi connectivity index (χ0v) is 13.2. The molecule has 0 bridgehead atoms. The van der Waals surface area contributed by atoms with E-state index < -0.39 is 0 Å². The van der Waals surface area contributed by atoms with Crippen LogP contribution < -0.4 is 10.6 Å². The average Bonchev–Trinajstić information content (AvgIpc) is 2.69. The van der Waals surface area contributed by atoms with E-state index in [4.69, 9.17) is 0 Å². The molecule has 2 N–H and O–H groups in total. The van der Waals surface area contributed by atoms with E-state index in [-0.39, 0.29) is 6.03 Å². The number of carbonyl (C=O) groups excluding carboxylic acids is 1. The first kappa shape index (κ1) is 15.9. The molecule has 1 heterocycles. The van der Waals surface area contributed by atoms with Crippen molar-refractivity contribution in [3.05, 3.63) is 11.1 Å².